The molecule has 1 saturated carbocycles. The molecule has 0 unspecified atom stereocenters. The SMILES string of the molecule is Cc1ccc(C(=O)C2(c3ccccc3)CCC2)c(C)c1. The maximum Gasteiger partial charge on any atom is 0.173 e. The molecule has 0 bridgehead atoms. The van der Waals surface area contributed by atoms with Crippen LogP contribution in [0.4, 0.5) is 0 Å². The van der Waals surface area contributed by atoms with Gasteiger partial charge in [0, 0.05) is 5.56 Å². The van der Waals surface area contributed by atoms with Crippen LogP contribution in [0, 0.1) is 13.8 Å². The van der Waals surface area contributed by atoms with Crippen LogP contribution in [-0.2, 0) is 5.41 Å². The Labute approximate surface area is 120 Å². The minimum atomic E-state index is -0.277. The zero-order chi connectivity index (χ0) is 14.2. The van der Waals surface area contributed by atoms with Crippen molar-refractivity contribution in [1.82, 2.24) is 0 Å². The highest BCUT2D eigenvalue weighted by Gasteiger charge is 2.45. The van der Waals surface area contributed by atoms with Crippen LogP contribution in [0.2, 0.25) is 0 Å². The van der Waals surface area contributed by atoms with Gasteiger partial charge in [-0.25, -0.2) is 0 Å². The van der Waals surface area contributed by atoms with Crippen molar-refractivity contribution >= 4 is 5.78 Å². The van der Waals surface area contributed by atoms with Gasteiger partial charge in [0.1, 0.15) is 0 Å². The zero-order valence-electron chi connectivity index (χ0n) is 12.1. The zero-order valence-corrected chi connectivity index (χ0v) is 12.1. The summed E-state index contributed by atoms with van der Waals surface area (Å²) in [6, 6.07) is 16.4. The number of aryl methyl sites for hydroxylation is 2. The lowest BCUT2D eigenvalue weighted by molar-refractivity contribution is 0.0788. The Morgan fingerprint density at radius 1 is 1.00 bits per heavy atom. The average Bonchev–Trinajstić information content (AvgIpc) is 2.38. The van der Waals surface area contributed by atoms with Crippen LogP contribution in [0.25, 0.3) is 0 Å². The number of carbonyl (C=O) groups excluding carboxylic acids is 1. The van der Waals surface area contributed by atoms with E-state index in [1.165, 1.54) is 11.1 Å². The van der Waals surface area contributed by atoms with Crippen LogP contribution in [0.5, 0.6) is 0 Å². The summed E-state index contributed by atoms with van der Waals surface area (Å²) >= 11 is 0. The third-order valence-corrected chi connectivity index (χ3v) is 4.59. The van der Waals surface area contributed by atoms with Gasteiger partial charge in [0.05, 0.1) is 5.41 Å². The summed E-state index contributed by atoms with van der Waals surface area (Å²) in [5, 5.41) is 0. The van der Waals surface area contributed by atoms with Crippen molar-refractivity contribution in [3.8, 4) is 0 Å². The van der Waals surface area contributed by atoms with E-state index in [-0.39, 0.29) is 5.41 Å². The van der Waals surface area contributed by atoms with E-state index in [0.29, 0.717) is 5.78 Å². The fraction of sp³-hybridized carbons (Fsp3) is 0.316. The molecule has 1 heteroatoms. The van der Waals surface area contributed by atoms with Gasteiger partial charge < -0.3 is 0 Å². The van der Waals surface area contributed by atoms with Crippen molar-refractivity contribution in [1.29, 1.82) is 0 Å². The van der Waals surface area contributed by atoms with Crippen LogP contribution in [0.15, 0.2) is 48.5 Å². The Morgan fingerprint density at radius 3 is 2.25 bits per heavy atom. The van der Waals surface area contributed by atoms with Crippen molar-refractivity contribution in [3.63, 3.8) is 0 Å². The van der Waals surface area contributed by atoms with E-state index >= 15 is 0 Å². The molecule has 1 fully saturated rings. The average molecular weight is 264 g/mol. The second-order valence-electron chi connectivity index (χ2n) is 5.95. The largest absolute Gasteiger partial charge is 0.293 e. The standard InChI is InChI=1S/C19H20O/c1-14-9-10-17(15(2)13-14)18(20)19(11-6-12-19)16-7-4-3-5-8-16/h3-5,7-10,13H,6,11-12H2,1-2H3. The van der Waals surface area contributed by atoms with E-state index in [9.17, 15) is 4.79 Å². The van der Waals surface area contributed by atoms with E-state index in [2.05, 4.69) is 25.1 Å². The molecule has 1 nitrogen and oxygen atoms in total. The van der Waals surface area contributed by atoms with Gasteiger partial charge in [-0.3, -0.25) is 4.79 Å². The first-order valence-corrected chi connectivity index (χ1v) is 7.31. The molecule has 0 spiro atoms. The van der Waals surface area contributed by atoms with Crippen LogP contribution in [0.1, 0.15) is 46.3 Å². The van der Waals surface area contributed by atoms with Crippen molar-refractivity contribution in [2.75, 3.05) is 0 Å². The van der Waals surface area contributed by atoms with E-state index in [1.807, 2.05) is 37.3 Å². The van der Waals surface area contributed by atoms with Crippen molar-refractivity contribution in [2.24, 2.45) is 0 Å². The van der Waals surface area contributed by atoms with Crippen molar-refractivity contribution in [2.45, 2.75) is 38.5 Å². The summed E-state index contributed by atoms with van der Waals surface area (Å²) < 4.78 is 0. The predicted molar refractivity (Wildman–Crippen MR) is 82.2 cm³/mol. The van der Waals surface area contributed by atoms with Crippen LogP contribution < -0.4 is 0 Å². The quantitative estimate of drug-likeness (QED) is 0.740. The molecule has 2 aromatic rings. The second-order valence-corrected chi connectivity index (χ2v) is 5.95. The molecule has 0 atom stereocenters. The molecule has 0 aromatic heterocycles. The number of ketones is 1. The fourth-order valence-corrected chi connectivity index (χ4v) is 3.26. The molecule has 0 saturated heterocycles. The summed E-state index contributed by atoms with van der Waals surface area (Å²) in [6.07, 6.45) is 3.10. The topological polar surface area (TPSA) is 17.1 Å². The van der Waals surface area contributed by atoms with Crippen molar-refractivity contribution < 1.29 is 4.79 Å². The smallest absolute Gasteiger partial charge is 0.173 e. The lowest BCUT2D eigenvalue weighted by Gasteiger charge is -2.41. The molecule has 3 rings (SSSR count). The molecule has 102 valence electrons. The molecule has 0 amide bonds. The Morgan fingerprint density at radius 2 is 1.70 bits per heavy atom. The molecule has 0 N–H and O–H groups in total. The highest BCUT2D eigenvalue weighted by atomic mass is 16.1. The van der Waals surface area contributed by atoms with E-state index in [1.54, 1.807) is 0 Å². The van der Waals surface area contributed by atoms with Gasteiger partial charge >= 0.3 is 0 Å². The molecule has 0 heterocycles. The third kappa shape index (κ3) is 1.98. The van der Waals surface area contributed by atoms with Crippen LogP contribution in [-0.4, -0.2) is 5.78 Å². The molecule has 1 aliphatic rings. The van der Waals surface area contributed by atoms with E-state index in [4.69, 9.17) is 0 Å². The Bertz CT molecular complexity index is 636. The van der Waals surface area contributed by atoms with Gasteiger partial charge in [-0.1, -0.05) is 60.5 Å². The highest BCUT2D eigenvalue weighted by Crippen LogP contribution is 2.46. The molecular weight excluding hydrogens is 244 g/mol. The molecular formula is C19H20O. The van der Waals surface area contributed by atoms with Gasteiger partial charge in [-0.15, -0.1) is 0 Å². The minimum absolute atomic E-state index is 0.277. The number of benzene rings is 2. The molecule has 0 radical (unpaired) electrons. The maximum atomic E-state index is 13.1. The molecule has 20 heavy (non-hydrogen) atoms. The number of carbonyl (C=O) groups is 1. The predicted octanol–water partition coefficient (Wildman–Crippen LogP) is 4.61. The Hall–Kier alpha value is -1.89. The normalized spacial score (nSPS) is 16.5. The van der Waals surface area contributed by atoms with E-state index in [0.717, 1.165) is 30.4 Å². The summed E-state index contributed by atoms with van der Waals surface area (Å²) in [5.74, 6) is 0.299. The maximum absolute atomic E-state index is 13.1. The monoisotopic (exact) mass is 264 g/mol. The van der Waals surface area contributed by atoms with Gasteiger partial charge in [0.25, 0.3) is 0 Å². The third-order valence-electron chi connectivity index (χ3n) is 4.59. The van der Waals surface area contributed by atoms with Gasteiger partial charge in [-0.05, 0) is 37.8 Å². The fourth-order valence-electron chi connectivity index (χ4n) is 3.26. The molecule has 1 aliphatic carbocycles. The highest BCUT2D eigenvalue weighted by molar-refractivity contribution is 6.05. The second kappa shape index (κ2) is 4.90. The molecule has 2 aromatic carbocycles. The van der Waals surface area contributed by atoms with Crippen LogP contribution in [0.3, 0.4) is 0 Å². The lowest BCUT2D eigenvalue weighted by atomic mass is 9.60. The summed E-state index contributed by atoms with van der Waals surface area (Å²) in [4.78, 5) is 13.1. The van der Waals surface area contributed by atoms with Gasteiger partial charge in [0.15, 0.2) is 5.78 Å². The summed E-state index contributed by atoms with van der Waals surface area (Å²) in [5.41, 5.74) is 4.09. The summed E-state index contributed by atoms with van der Waals surface area (Å²) in [7, 11) is 0. The Balaban J connectivity index is 2.04. The molecule has 0 aliphatic heterocycles. The number of rotatable bonds is 3. The number of hydrogen-bond donors (Lipinski definition) is 0. The van der Waals surface area contributed by atoms with Gasteiger partial charge in [-0.2, -0.15) is 0 Å². The van der Waals surface area contributed by atoms with E-state index < -0.39 is 0 Å². The van der Waals surface area contributed by atoms with Crippen molar-refractivity contribution in [3.05, 3.63) is 70.8 Å². The lowest BCUT2D eigenvalue weighted by Crippen LogP contribution is -2.42. The minimum Gasteiger partial charge on any atom is -0.293 e. The first-order chi connectivity index (χ1) is 9.63. The number of Topliss-reactive ketones (excluding diaryl/α,β-unsaturated/α-hetero) is 1. The first-order valence-electron chi connectivity index (χ1n) is 7.31. The van der Waals surface area contributed by atoms with Crippen LogP contribution >= 0.6 is 0 Å². The Kier molecular flexibility index (Phi) is 3.21. The van der Waals surface area contributed by atoms with Gasteiger partial charge in [0.2, 0.25) is 0 Å². The number of hydrogen-bond acceptors (Lipinski definition) is 1. The summed E-state index contributed by atoms with van der Waals surface area (Å²) in [6.45, 7) is 4.11. The first kappa shape index (κ1) is 13.1.